The summed E-state index contributed by atoms with van der Waals surface area (Å²) < 4.78 is 23.0. The number of hydrogen-bond donors (Lipinski definition) is 1. The topological polar surface area (TPSA) is 64.6 Å². The Morgan fingerprint density at radius 3 is 2.81 bits per heavy atom. The predicted molar refractivity (Wildman–Crippen MR) is 74.1 cm³/mol. The molecule has 0 heterocycles. The molecule has 1 aliphatic carbocycles. The van der Waals surface area contributed by atoms with Crippen LogP contribution >= 0.6 is 0 Å². The van der Waals surface area contributed by atoms with Crippen LogP contribution < -0.4 is 10.1 Å². The van der Waals surface area contributed by atoms with Gasteiger partial charge in [-0.2, -0.15) is 0 Å². The fraction of sp³-hybridized carbons (Fsp3) is 0.333. The van der Waals surface area contributed by atoms with Gasteiger partial charge in [0.15, 0.2) is 18.2 Å². The van der Waals surface area contributed by atoms with Crippen molar-refractivity contribution in [3.63, 3.8) is 0 Å². The van der Waals surface area contributed by atoms with E-state index in [4.69, 9.17) is 9.47 Å². The first-order valence-electron chi connectivity index (χ1n) is 6.56. The van der Waals surface area contributed by atoms with Gasteiger partial charge in [-0.05, 0) is 36.6 Å². The predicted octanol–water partition coefficient (Wildman–Crippen LogP) is 1.67. The smallest absolute Gasteiger partial charge is 0.331 e. The van der Waals surface area contributed by atoms with Gasteiger partial charge in [0.1, 0.15) is 0 Å². The first-order chi connectivity index (χ1) is 10.1. The second-order valence-electron chi connectivity index (χ2n) is 4.68. The Labute approximate surface area is 121 Å². The molecule has 0 aromatic heterocycles. The van der Waals surface area contributed by atoms with Crippen LogP contribution in [0.25, 0.3) is 6.08 Å². The lowest BCUT2D eigenvalue weighted by atomic mass is 10.2. The monoisotopic (exact) mass is 293 g/mol. The second-order valence-corrected chi connectivity index (χ2v) is 4.68. The number of ether oxygens (including phenoxy) is 2. The molecule has 2 rings (SSSR count). The van der Waals surface area contributed by atoms with Crippen LogP contribution in [0.4, 0.5) is 4.39 Å². The van der Waals surface area contributed by atoms with Crippen molar-refractivity contribution in [2.24, 2.45) is 0 Å². The zero-order valence-electron chi connectivity index (χ0n) is 11.6. The van der Waals surface area contributed by atoms with Gasteiger partial charge in [-0.1, -0.05) is 6.07 Å². The molecule has 1 fully saturated rings. The van der Waals surface area contributed by atoms with Crippen LogP contribution in [0.15, 0.2) is 24.3 Å². The van der Waals surface area contributed by atoms with E-state index in [-0.39, 0.29) is 24.3 Å². The summed E-state index contributed by atoms with van der Waals surface area (Å²) in [5, 5.41) is 2.70. The molecule has 5 nitrogen and oxygen atoms in total. The van der Waals surface area contributed by atoms with Crippen molar-refractivity contribution in [3.8, 4) is 5.75 Å². The average molecular weight is 293 g/mol. The fourth-order valence-electron chi connectivity index (χ4n) is 1.63. The van der Waals surface area contributed by atoms with Gasteiger partial charge in [-0.3, -0.25) is 4.79 Å². The molecule has 1 amide bonds. The minimum Gasteiger partial charge on any atom is -0.494 e. The normalized spacial score (nSPS) is 14.0. The molecule has 1 aromatic rings. The van der Waals surface area contributed by atoms with Crippen LogP contribution in [0.2, 0.25) is 0 Å². The molecule has 0 radical (unpaired) electrons. The molecule has 6 heteroatoms. The van der Waals surface area contributed by atoms with Gasteiger partial charge in [0, 0.05) is 12.1 Å². The maximum Gasteiger partial charge on any atom is 0.331 e. The maximum atomic E-state index is 13.4. The third-order valence-electron chi connectivity index (χ3n) is 2.88. The first-order valence-corrected chi connectivity index (χ1v) is 6.56. The Balaban J connectivity index is 1.80. The number of amides is 1. The van der Waals surface area contributed by atoms with Crippen molar-refractivity contribution in [3.05, 3.63) is 35.7 Å². The van der Waals surface area contributed by atoms with Gasteiger partial charge in [-0.25, -0.2) is 9.18 Å². The Bertz CT molecular complexity index is 567. The highest BCUT2D eigenvalue weighted by molar-refractivity contribution is 5.89. The van der Waals surface area contributed by atoms with E-state index in [2.05, 4.69) is 5.32 Å². The lowest BCUT2D eigenvalue weighted by Crippen LogP contribution is -2.30. The number of carbonyl (C=O) groups is 2. The highest BCUT2D eigenvalue weighted by Crippen LogP contribution is 2.19. The number of benzene rings is 1. The third kappa shape index (κ3) is 4.91. The van der Waals surface area contributed by atoms with Gasteiger partial charge >= 0.3 is 5.97 Å². The van der Waals surface area contributed by atoms with Crippen molar-refractivity contribution in [2.75, 3.05) is 13.7 Å². The number of carbonyl (C=O) groups excluding carboxylic acids is 2. The number of halogens is 1. The van der Waals surface area contributed by atoms with Crippen LogP contribution in [0.1, 0.15) is 18.4 Å². The number of rotatable bonds is 6. The zero-order chi connectivity index (χ0) is 15.2. The third-order valence-corrected chi connectivity index (χ3v) is 2.88. The summed E-state index contributed by atoms with van der Waals surface area (Å²) in [5.41, 5.74) is 0.493. The zero-order valence-corrected chi connectivity index (χ0v) is 11.6. The molecule has 1 saturated carbocycles. The summed E-state index contributed by atoms with van der Waals surface area (Å²) in [7, 11) is 1.37. The molecule has 0 unspecified atom stereocenters. The largest absolute Gasteiger partial charge is 0.494 e. The number of esters is 1. The van der Waals surface area contributed by atoms with E-state index in [0.29, 0.717) is 5.56 Å². The average Bonchev–Trinajstić information content (AvgIpc) is 3.27. The van der Waals surface area contributed by atoms with Gasteiger partial charge in [0.2, 0.25) is 0 Å². The van der Waals surface area contributed by atoms with E-state index in [9.17, 15) is 14.0 Å². The number of nitrogens with one attached hydrogen (secondary N) is 1. The summed E-state index contributed by atoms with van der Waals surface area (Å²) >= 11 is 0. The number of hydrogen-bond acceptors (Lipinski definition) is 4. The van der Waals surface area contributed by atoms with E-state index in [1.54, 1.807) is 6.07 Å². The fourth-order valence-corrected chi connectivity index (χ4v) is 1.63. The second kappa shape index (κ2) is 6.88. The van der Waals surface area contributed by atoms with E-state index >= 15 is 0 Å². The van der Waals surface area contributed by atoms with Gasteiger partial charge in [-0.15, -0.1) is 0 Å². The highest BCUT2D eigenvalue weighted by Gasteiger charge is 2.23. The van der Waals surface area contributed by atoms with Crippen molar-refractivity contribution in [2.45, 2.75) is 18.9 Å². The van der Waals surface area contributed by atoms with Gasteiger partial charge in [0.25, 0.3) is 5.91 Å². The van der Waals surface area contributed by atoms with E-state index < -0.39 is 11.8 Å². The molecule has 0 saturated heterocycles. The van der Waals surface area contributed by atoms with E-state index in [1.807, 2.05) is 0 Å². The molecule has 0 aliphatic heterocycles. The molecule has 1 aliphatic rings. The lowest BCUT2D eigenvalue weighted by molar-refractivity contribution is -0.143. The summed E-state index contributed by atoms with van der Waals surface area (Å²) in [6.45, 7) is -0.309. The molecule has 0 atom stereocenters. The molecule has 1 N–H and O–H groups in total. The first kappa shape index (κ1) is 15.0. The Morgan fingerprint density at radius 1 is 1.43 bits per heavy atom. The molecule has 1 aromatic carbocycles. The van der Waals surface area contributed by atoms with Crippen molar-refractivity contribution < 1.29 is 23.5 Å². The Morgan fingerprint density at radius 2 is 2.19 bits per heavy atom. The molecular formula is C15H16FNO4. The summed E-state index contributed by atoms with van der Waals surface area (Å²) in [6.07, 6.45) is 4.50. The molecule has 21 heavy (non-hydrogen) atoms. The Hall–Kier alpha value is -2.37. The number of methoxy groups -OCH3 is 1. The quantitative estimate of drug-likeness (QED) is 0.640. The van der Waals surface area contributed by atoms with Crippen LogP contribution in [-0.4, -0.2) is 31.6 Å². The molecular weight excluding hydrogens is 277 g/mol. The minimum absolute atomic E-state index is 0.131. The van der Waals surface area contributed by atoms with Gasteiger partial charge in [0.05, 0.1) is 7.11 Å². The summed E-state index contributed by atoms with van der Waals surface area (Å²) in [5.74, 6) is -1.35. The Kier molecular flexibility index (Phi) is 4.92. The highest BCUT2D eigenvalue weighted by atomic mass is 19.1. The molecule has 112 valence electrons. The standard InChI is InChI=1S/C15H16FNO4/c1-20-13-6-2-10(8-12(13)16)3-7-15(19)21-9-14(18)17-11-4-5-11/h2-3,6-8,11H,4-5,9H2,1H3,(H,17,18)/b7-3+. The SMILES string of the molecule is COc1ccc(/C=C/C(=O)OCC(=O)NC2CC2)cc1F. The maximum absolute atomic E-state index is 13.4. The van der Waals surface area contributed by atoms with Crippen LogP contribution in [0, 0.1) is 5.82 Å². The van der Waals surface area contributed by atoms with Crippen molar-refractivity contribution in [1.29, 1.82) is 0 Å². The van der Waals surface area contributed by atoms with Crippen LogP contribution in [0.3, 0.4) is 0 Å². The minimum atomic E-state index is -0.655. The van der Waals surface area contributed by atoms with Crippen LogP contribution in [-0.2, 0) is 14.3 Å². The van der Waals surface area contributed by atoms with E-state index in [0.717, 1.165) is 18.9 Å². The summed E-state index contributed by atoms with van der Waals surface area (Å²) in [4.78, 5) is 22.7. The van der Waals surface area contributed by atoms with Crippen molar-refractivity contribution in [1.82, 2.24) is 5.32 Å². The summed E-state index contributed by atoms with van der Waals surface area (Å²) in [6, 6.07) is 4.53. The molecule has 0 bridgehead atoms. The molecule has 0 spiro atoms. The van der Waals surface area contributed by atoms with E-state index in [1.165, 1.54) is 25.3 Å². The lowest BCUT2D eigenvalue weighted by Gasteiger charge is -2.03. The van der Waals surface area contributed by atoms with Gasteiger partial charge < -0.3 is 14.8 Å². The van der Waals surface area contributed by atoms with Crippen molar-refractivity contribution >= 4 is 18.0 Å². The van der Waals surface area contributed by atoms with Crippen LogP contribution in [0.5, 0.6) is 5.75 Å².